The molecule has 1 atom stereocenters. The van der Waals surface area contributed by atoms with E-state index in [-0.39, 0.29) is 11.8 Å². The third-order valence-electron chi connectivity index (χ3n) is 5.87. The Morgan fingerprint density at radius 2 is 1.90 bits per heavy atom. The zero-order valence-electron chi connectivity index (χ0n) is 18.0. The predicted molar refractivity (Wildman–Crippen MR) is 117 cm³/mol. The second kappa shape index (κ2) is 8.81. The Morgan fingerprint density at radius 3 is 2.59 bits per heavy atom. The summed E-state index contributed by atoms with van der Waals surface area (Å²) in [7, 11) is 1.69. The van der Waals surface area contributed by atoms with Crippen molar-refractivity contribution in [1.29, 1.82) is 0 Å². The van der Waals surface area contributed by atoms with Crippen molar-refractivity contribution < 1.29 is 9.59 Å². The lowest BCUT2D eigenvalue weighted by molar-refractivity contribution is -0.133. The molecule has 0 spiro atoms. The molecule has 1 aliphatic heterocycles. The summed E-state index contributed by atoms with van der Waals surface area (Å²) in [6.45, 7) is 7.33. The van der Waals surface area contributed by atoms with E-state index in [9.17, 15) is 9.59 Å². The van der Waals surface area contributed by atoms with Gasteiger partial charge in [0, 0.05) is 26.6 Å². The third kappa shape index (κ3) is 4.69. The van der Waals surface area contributed by atoms with Crippen molar-refractivity contribution in [1.82, 2.24) is 10.2 Å². The molecule has 2 aromatic rings. The molecule has 3 rings (SSSR count). The van der Waals surface area contributed by atoms with E-state index in [0.29, 0.717) is 38.3 Å². The van der Waals surface area contributed by atoms with Crippen LogP contribution in [-0.2, 0) is 16.0 Å². The Morgan fingerprint density at radius 1 is 1.14 bits per heavy atom. The average molecular weight is 393 g/mol. The quantitative estimate of drug-likeness (QED) is 0.800. The number of nitrogens with zero attached hydrogens (tertiary/aromatic N) is 1. The van der Waals surface area contributed by atoms with Crippen molar-refractivity contribution >= 4 is 11.8 Å². The van der Waals surface area contributed by atoms with Crippen LogP contribution in [0, 0.1) is 18.3 Å². The summed E-state index contributed by atoms with van der Waals surface area (Å²) >= 11 is 0. The fourth-order valence-corrected chi connectivity index (χ4v) is 4.37. The van der Waals surface area contributed by atoms with Crippen molar-refractivity contribution in [3.05, 3.63) is 59.7 Å². The highest BCUT2D eigenvalue weighted by Crippen LogP contribution is 2.38. The van der Waals surface area contributed by atoms with E-state index in [0.717, 1.165) is 11.1 Å². The highest BCUT2D eigenvalue weighted by Gasteiger charge is 2.45. The summed E-state index contributed by atoms with van der Waals surface area (Å²) < 4.78 is 0. The molecule has 1 aliphatic rings. The smallest absolute Gasteiger partial charge is 0.228 e. The first-order chi connectivity index (χ1) is 13.8. The van der Waals surface area contributed by atoms with E-state index in [1.807, 2.05) is 17.0 Å². The van der Waals surface area contributed by atoms with Gasteiger partial charge in [-0.3, -0.25) is 9.59 Å². The number of nitrogens with one attached hydrogen (secondary N) is 1. The maximum absolute atomic E-state index is 13.0. The van der Waals surface area contributed by atoms with Crippen molar-refractivity contribution in [2.75, 3.05) is 20.1 Å². The van der Waals surface area contributed by atoms with E-state index in [1.165, 1.54) is 11.1 Å². The number of hydrogen-bond donors (Lipinski definition) is 1. The second-order valence-electron chi connectivity index (χ2n) is 8.73. The van der Waals surface area contributed by atoms with E-state index in [4.69, 9.17) is 0 Å². The van der Waals surface area contributed by atoms with Gasteiger partial charge in [-0.05, 0) is 42.4 Å². The van der Waals surface area contributed by atoms with Gasteiger partial charge in [0.1, 0.15) is 0 Å². The summed E-state index contributed by atoms with van der Waals surface area (Å²) in [6.07, 6.45) is 1.85. The van der Waals surface area contributed by atoms with Crippen LogP contribution in [0.2, 0.25) is 0 Å². The molecule has 29 heavy (non-hydrogen) atoms. The number of rotatable bonds is 6. The molecule has 1 heterocycles. The summed E-state index contributed by atoms with van der Waals surface area (Å²) in [6, 6.07) is 16.8. The number of amides is 2. The lowest BCUT2D eigenvalue weighted by atomic mass is 9.78. The fraction of sp³-hybridized carbons (Fsp3) is 0.440. The normalized spacial score (nSPS) is 18.9. The summed E-state index contributed by atoms with van der Waals surface area (Å²) in [5.74, 6) is 0.494. The molecule has 0 saturated carbocycles. The van der Waals surface area contributed by atoms with Gasteiger partial charge < -0.3 is 10.2 Å². The SMILES string of the molecule is CNC(=O)C1(Cc2ccccc2-c2cccc(C)c2)CCN(C(=O)CC(C)C)C1. The molecule has 154 valence electrons. The molecule has 1 unspecified atom stereocenters. The van der Waals surface area contributed by atoms with Crippen LogP contribution in [0.25, 0.3) is 11.1 Å². The van der Waals surface area contributed by atoms with Crippen molar-refractivity contribution in [3.8, 4) is 11.1 Å². The highest BCUT2D eigenvalue weighted by atomic mass is 16.2. The van der Waals surface area contributed by atoms with Gasteiger partial charge in [-0.15, -0.1) is 0 Å². The second-order valence-corrected chi connectivity index (χ2v) is 8.73. The Bertz CT molecular complexity index is 890. The van der Waals surface area contributed by atoms with Gasteiger partial charge in [0.05, 0.1) is 5.41 Å². The largest absolute Gasteiger partial charge is 0.359 e. The molecule has 0 radical (unpaired) electrons. The lowest BCUT2D eigenvalue weighted by Gasteiger charge is -2.29. The first kappa shape index (κ1) is 21.1. The monoisotopic (exact) mass is 392 g/mol. The summed E-state index contributed by atoms with van der Waals surface area (Å²) in [4.78, 5) is 27.5. The Labute approximate surface area is 174 Å². The van der Waals surface area contributed by atoms with Gasteiger partial charge in [-0.1, -0.05) is 67.9 Å². The molecule has 2 aromatic carbocycles. The molecule has 4 nitrogen and oxygen atoms in total. The molecule has 2 amide bonds. The molecule has 4 heteroatoms. The van der Waals surface area contributed by atoms with Gasteiger partial charge in [0.2, 0.25) is 11.8 Å². The topological polar surface area (TPSA) is 49.4 Å². The van der Waals surface area contributed by atoms with Gasteiger partial charge in [-0.2, -0.15) is 0 Å². The zero-order valence-corrected chi connectivity index (χ0v) is 18.0. The molecular formula is C25H32N2O2. The average Bonchev–Trinajstić information content (AvgIpc) is 3.13. The van der Waals surface area contributed by atoms with Crippen molar-refractivity contribution in [3.63, 3.8) is 0 Å². The van der Waals surface area contributed by atoms with Gasteiger partial charge in [0.25, 0.3) is 0 Å². The molecule has 1 fully saturated rings. The summed E-state index contributed by atoms with van der Waals surface area (Å²) in [5.41, 5.74) is 4.11. The number of likely N-dealkylation sites (tertiary alicyclic amines) is 1. The van der Waals surface area contributed by atoms with E-state index in [2.05, 4.69) is 62.5 Å². The Kier molecular flexibility index (Phi) is 6.41. The Hall–Kier alpha value is -2.62. The highest BCUT2D eigenvalue weighted by molar-refractivity contribution is 5.86. The summed E-state index contributed by atoms with van der Waals surface area (Å²) in [5, 5.41) is 2.86. The minimum atomic E-state index is -0.582. The van der Waals surface area contributed by atoms with E-state index < -0.39 is 5.41 Å². The maximum atomic E-state index is 13.0. The first-order valence-electron chi connectivity index (χ1n) is 10.5. The first-order valence-corrected chi connectivity index (χ1v) is 10.5. The van der Waals surface area contributed by atoms with Gasteiger partial charge in [-0.25, -0.2) is 0 Å². The minimum Gasteiger partial charge on any atom is -0.359 e. The van der Waals surface area contributed by atoms with Gasteiger partial charge >= 0.3 is 0 Å². The van der Waals surface area contributed by atoms with E-state index >= 15 is 0 Å². The molecule has 1 saturated heterocycles. The predicted octanol–water partition coefficient (Wildman–Crippen LogP) is 4.22. The van der Waals surface area contributed by atoms with Crippen molar-refractivity contribution in [2.24, 2.45) is 11.3 Å². The number of aryl methyl sites for hydroxylation is 1. The molecule has 0 bridgehead atoms. The van der Waals surface area contributed by atoms with Crippen LogP contribution >= 0.6 is 0 Å². The van der Waals surface area contributed by atoms with Crippen LogP contribution < -0.4 is 5.32 Å². The minimum absolute atomic E-state index is 0.0244. The lowest BCUT2D eigenvalue weighted by Crippen LogP contribution is -2.44. The van der Waals surface area contributed by atoms with Crippen LogP contribution in [0.1, 0.15) is 37.8 Å². The number of carbonyl (C=O) groups excluding carboxylic acids is 2. The van der Waals surface area contributed by atoms with Crippen LogP contribution in [0.3, 0.4) is 0 Å². The number of hydrogen-bond acceptors (Lipinski definition) is 2. The number of benzene rings is 2. The maximum Gasteiger partial charge on any atom is 0.228 e. The van der Waals surface area contributed by atoms with Crippen LogP contribution in [0.5, 0.6) is 0 Å². The van der Waals surface area contributed by atoms with Crippen LogP contribution in [0.4, 0.5) is 0 Å². The molecule has 1 N–H and O–H groups in total. The Balaban J connectivity index is 1.92. The van der Waals surface area contributed by atoms with Gasteiger partial charge in [0.15, 0.2) is 0 Å². The third-order valence-corrected chi connectivity index (χ3v) is 5.87. The fourth-order valence-electron chi connectivity index (χ4n) is 4.37. The molecule has 0 aliphatic carbocycles. The standard InChI is InChI=1S/C25H32N2O2/c1-18(2)14-23(28)27-13-12-25(17-27,24(29)26-4)16-21-9-5-6-11-22(21)20-10-7-8-19(3)15-20/h5-11,15,18H,12-14,16-17H2,1-4H3,(H,26,29). The zero-order chi connectivity index (χ0) is 21.0. The van der Waals surface area contributed by atoms with Crippen LogP contribution in [-0.4, -0.2) is 36.9 Å². The van der Waals surface area contributed by atoms with E-state index in [1.54, 1.807) is 7.05 Å². The molecule has 0 aromatic heterocycles. The van der Waals surface area contributed by atoms with Crippen molar-refractivity contribution in [2.45, 2.75) is 40.0 Å². The van der Waals surface area contributed by atoms with Crippen LogP contribution in [0.15, 0.2) is 48.5 Å². The number of carbonyl (C=O) groups is 2. The molecular weight excluding hydrogens is 360 g/mol.